The molecule has 2 aromatic heterocycles. The molecular formula is C16H17ClFN7. The first-order valence-electron chi connectivity index (χ1n) is 7.68. The predicted octanol–water partition coefficient (Wildman–Crippen LogP) is 2.98. The van der Waals surface area contributed by atoms with E-state index in [2.05, 4.69) is 35.9 Å². The third-order valence-electron chi connectivity index (χ3n) is 3.45. The summed E-state index contributed by atoms with van der Waals surface area (Å²) in [5.41, 5.74) is 1.75. The van der Waals surface area contributed by atoms with Crippen LogP contribution >= 0.6 is 11.6 Å². The highest BCUT2D eigenvalue weighted by Crippen LogP contribution is 2.25. The molecule has 9 heteroatoms. The van der Waals surface area contributed by atoms with Gasteiger partial charge in [0.1, 0.15) is 23.2 Å². The topological polar surface area (TPSA) is 87.7 Å². The lowest BCUT2D eigenvalue weighted by Crippen LogP contribution is -2.28. The normalized spacial score (nSPS) is 12.2. The van der Waals surface area contributed by atoms with Gasteiger partial charge in [0.15, 0.2) is 5.82 Å². The summed E-state index contributed by atoms with van der Waals surface area (Å²) in [7, 11) is 1.88. The van der Waals surface area contributed by atoms with E-state index in [4.69, 9.17) is 11.6 Å². The zero-order valence-corrected chi connectivity index (χ0v) is 14.5. The molecule has 3 N–H and O–H groups in total. The van der Waals surface area contributed by atoms with Gasteiger partial charge in [-0.3, -0.25) is 0 Å². The van der Waals surface area contributed by atoms with Crippen molar-refractivity contribution >= 4 is 40.1 Å². The molecule has 130 valence electrons. The SMILES string of the molecule is CNCC(C)Nc1ncc2ncnc(Nc3ccc(F)c(Cl)c3)c2n1. The molecule has 0 aliphatic rings. The van der Waals surface area contributed by atoms with Gasteiger partial charge < -0.3 is 16.0 Å². The molecule has 0 aliphatic heterocycles. The Kier molecular flexibility index (Phi) is 5.20. The molecule has 0 saturated heterocycles. The van der Waals surface area contributed by atoms with Gasteiger partial charge >= 0.3 is 0 Å². The second-order valence-electron chi connectivity index (χ2n) is 5.51. The highest BCUT2D eigenvalue weighted by atomic mass is 35.5. The minimum Gasteiger partial charge on any atom is -0.350 e. The van der Waals surface area contributed by atoms with Gasteiger partial charge in [-0.2, -0.15) is 0 Å². The van der Waals surface area contributed by atoms with E-state index in [1.165, 1.54) is 18.5 Å². The Balaban J connectivity index is 1.92. The Morgan fingerprint density at radius 3 is 2.84 bits per heavy atom. The monoisotopic (exact) mass is 361 g/mol. The van der Waals surface area contributed by atoms with Crippen LogP contribution in [0.1, 0.15) is 6.92 Å². The quantitative estimate of drug-likeness (QED) is 0.622. The predicted molar refractivity (Wildman–Crippen MR) is 96.8 cm³/mol. The summed E-state index contributed by atoms with van der Waals surface area (Å²) in [6.45, 7) is 2.79. The van der Waals surface area contributed by atoms with E-state index in [9.17, 15) is 4.39 Å². The van der Waals surface area contributed by atoms with Crippen LogP contribution in [0.2, 0.25) is 5.02 Å². The first-order valence-corrected chi connectivity index (χ1v) is 8.05. The van der Waals surface area contributed by atoms with Crippen molar-refractivity contribution in [3.63, 3.8) is 0 Å². The Morgan fingerprint density at radius 1 is 1.24 bits per heavy atom. The summed E-state index contributed by atoms with van der Waals surface area (Å²) in [4.78, 5) is 17.1. The fourth-order valence-corrected chi connectivity index (χ4v) is 2.48. The van der Waals surface area contributed by atoms with Crippen LogP contribution in [0.5, 0.6) is 0 Å². The summed E-state index contributed by atoms with van der Waals surface area (Å²) in [5, 5.41) is 9.40. The highest BCUT2D eigenvalue weighted by Gasteiger charge is 2.10. The summed E-state index contributed by atoms with van der Waals surface area (Å²) in [6, 6.07) is 4.50. The van der Waals surface area contributed by atoms with Crippen molar-refractivity contribution in [2.24, 2.45) is 0 Å². The number of anilines is 3. The Bertz CT molecular complexity index is 889. The van der Waals surface area contributed by atoms with Crippen LogP contribution in [0.3, 0.4) is 0 Å². The van der Waals surface area contributed by atoms with E-state index in [1.807, 2.05) is 14.0 Å². The minimum atomic E-state index is -0.480. The maximum absolute atomic E-state index is 13.3. The van der Waals surface area contributed by atoms with Crippen molar-refractivity contribution in [3.05, 3.63) is 41.6 Å². The van der Waals surface area contributed by atoms with Crippen molar-refractivity contribution in [2.75, 3.05) is 24.2 Å². The summed E-state index contributed by atoms with van der Waals surface area (Å²) < 4.78 is 13.3. The van der Waals surface area contributed by atoms with Crippen molar-refractivity contribution in [1.29, 1.82) is 0 Å². The van der Waals surface area contributed by atoms with Crippen LogP contribution in [0.15, 0.2) is 30.7 Å². The van der Waals surface area contributed by atoms with Crippen molar-refractivity contribution in [3.8, 4) is 0 Å². The summed E-state index contributed by atoms with van der Waals surface area (Å²) in [6.07, 6.45) is 3.04. The van der Waals surface area contributed by atoms with Crippen LogP contribution in [0.4, 0.5) is 21.8 Å². The maximum Gasteiger partial charge on any atom is 0.223 e. The molecule has 0 saturated carbocycles. The van der Waals surface area contributed by atoms with Gasteiger partial charge in [-0.1, -0.05) is 11.6 Å². The molecule has 0 radical (unpaired) electrons. The van der Waals surface area contributed by atoms with Crippen LogP contribution in [0.25, 0.3) is 11.0 Å². The number of halogens is 2. The van der Waals surface area contributed by atoms with Crippen molar-refractivity contribution < 1.29 is 4.39 Å². The van der Waals surface area contributed by atoms with Gasteiger partial charge in [0, 0.05) is 18.3 Å². The standard InChI is InChI=1S/C16H17ClFN7/c1-9(6-19-2)23-16-20-7-13-14(25-16)15(22-8-21-13)24-10-3-4-12(18)11(17)5-10/h3-5,7-9,19H,6H2,1-2H3,(H,20,23,25)(H,21,22,24). The number of aromatic nitrogens is 4. The molecule has 1 atom stereocenters. The van der Waals surface area contributed by atoms with Gasteiger partial charge in [-0.25, -0.2) is 24.3 Å². The molecular weight excluding hydrogens is 345 g/mol. The highest BCUT2D eigenvalue weighted by molar-refractivity contribution is 6.31. The smallest absolute Gasteiger partial charge is 0.223 e. The lowest BCUT2D eigenvalue weighted by atomic mass is 10.3. The number of nitrogens with one attached hydrogen (secondary N) is 3. The molecule has 3 rings (SSSR count). The molecule has 0 amide bonds. The zero-order chi connectivity index (χ0) is 17.8. The van der Waals surface area contributed by atoms with E-state index < -0.39 is 5.82 Å². The Hall–Kier alpha value is -2.58. The van der Waals surface area contributed by atoms with Gasteiger partial charge in [-0.15, -0.1) is 0 Å². The third kappa shape index (κ3) is 4.09. The minimum absolute atomic E-state index is 0.0289. The molecule has 3 aromatic rings. The van der Waals surface area contributed by atoms with E-state index in [1.54, 1.807) is 12.3 Å². The Labute approximate surface area is 149 Å². The van der Waals surface area contributed by atoms with Crippen molar-refractivity contribution in [1.82, 2.24) is 25.3 Å². The number of nitrogens with zero attached hydrogens (tertiary/aromatic N) is 4. The van der Waals surface area contributed by atoms with Gasteiger partial charge in [0.25, 0.3) is 0 Å². The van der Waals surface area contributed by atoms with Crippen LogP contribution in [-0.2, 0) is 0 Å². The average molecular weight is 362 g/mol. The van der Waals surface area contributed by atoms with E-state index in [-0.39, 0.29) is 11.1 Å². The third-order valence-corrected chi connectivity index (χ3v) is 3.74. The second-order valence-corrected chi connectivity index (χ2v) is 5.91. The first kappa shape index (κ1) is 17.2. The van der Waals surface area contributed by atoms with Gasteiger partial charge in [0.2, 0.25) is 5.95 Å². The van der Waals surface area contributed by atoms with Crippen LogP contribution in [-0.4, -0.2) is 39.6 Å². The summed E-state index contributed by atoms with van der Waals surface area (Å²) in [5.74, 6) is 0.483. The number of fused-ring (bicyclic) bond motifs is 1. The number of benzene rings is 1. The van der Waals surface area contributed by atoms with E-state index >= 15 is 0 Å². The largest absolute Gasteiger partial charge is 0.350 e. The first-order chi connectivity index (χ1) is 12.1. The fraction of sp³-hybridized carbons (Fsp3) is 0.250. The molecule has 2 heterocycles. The average Bonchev–Trinajstić information content (AvgIpc) is 2.59. The van der Waals surface area contributed by atoms with E-state index in [0.29, 0.717) is 28.5 Å². The molecule has 1 unspecified atom stereocenters. The molecule has 1 aromatic carbocycles. The zero-order valence-electron chi connectivity index (χ0n) is 13.7. The summed E-state index contributed by atoms with van der Waals surface area (Å²) >= 11 is 5.82. The van der Waals surface area contributed by atoms with Crippen LogP contribution in [0, 0.1) is 5.82 Å². The van der Waals surface area contributed by atoms with E-state index in [0.717, 1.165) is 6.54 Å². The molecule has 0 aliphatic carbocycles. The Morgan fingerprint density at radius 2 is 2.08 bits per heavy atom. The van der Waals surface area contributed by atoms with Crippen LogP contribution < -0.4 is 16.0 Å². The molecule has 0 spiro atoms. The molecule has 0 fully saturated rings. The number of hydrogen-bond donors (Lipinski definition) is 3. The van der Waals surface area contributed by atoms with Crippen molar-refractivity contribution in [2.45, 2.75) is 13.0 Å². The maximum atomic E-state index is 13.3. The second kappa shape index (κ2) is 7.54. The number of rotatable bonds is 6. The fourth-order valence-electron chi connectivity index (χ4n) is 2.30. The number of likely N-dealkylation sites (N-methyl/N-ethyl adjacent to an activating group) is 1. The van der Waals surface area contributed by atoms with Gasteiger partial charge in [0.05, 0.1) is 11.2 Å². The lowest BCUT2D eigenvalue weighted by Gasteiger charge is -2.14. The lowest BCUT2D eigenvalue weighted by molar-refractivity contribution is 0.628. The number of hydrogen-bond acceptors (Lipinski definition) is 7. The molecule has 0 bridgehead atoms. The van der Waals surface area contributed by atoms with Gasteiger partial charge in [-0.05, 0) is 32.2 Å². The molecule has 7 nitrogen and oxygen atoms in total. The molecule has 25 heavy (non-hydrogen) atoms.